The minimum Gasteiger partial charge on any atom is -0.306 e. The third-order valence-electron chi connectivity index (χ3n) is 4.86. The Morgan fingerprint density at radius 3 is 2.10 bits per heavy atom. The molecule has 2 saturated heterocycles. The summed E-state index contributed by atoms with van der Waals surface area (Å²) in [7, 11) is 2.25. The van der Waals surface area contributed by atoms with Gasteiger partial charge in [0, 0.05) is 38.3 Å². The van der Waals surface area contributed by atoms with Gasteiger partial charge >= 0.3 is 0 Å². The first-order valence-corrected chi connectivity index (χ1v) is 8.73. The number of nitrogens with zero attached hydrogens (tertiary/aromatic N) is 3. The van der Waals surface area contributed by atoms with E-state index in [9.17, 15) is 0 Å². The smallest absolute Gasteiger partial charge is 0.0195 e. The highest BCUT2D eigenvalue weighted by Crippen LogP contribution is 2.20. The summed E-state index contributed by atoms with van der Waals surface area (Å²) in [5, 5.41) is 0. The van der Waals surface area contributed by atoms with E-state index in [0.29, 0.717) is 6.04 Å². The van der Waals surface area contributed by atoms with Crippen LogP contribution in [0.5, 0.6) is 0 Å². The van der Waals surface area contributed by atoms with Crippen LogP contribution in [0.2, 0.25) is 0 Å². The van der Waals surface area contributed by atoms with E-state index >= 15 is 0 Å². The molecule has 0 aromatic carbocycles. The van der Waals surface area contributed by atoms with Crippen LogP contribution in [0.15, 0.2) is 0 Å². The highest BCUT2D eigenvalue weighted by molar-refractivity contribution is 4.83. The molecule has 3 heteroatoms. The third-order valence-corrected chi connectivity index (χ3v) is 4.86. The molecule has 0 aromatic rings. The highest BCUT2D eigenvalue weighted by atomic mass is 15.3. The zero-order chi connectivity index (χ0) is 15.1. The molecule has 2 rings (SSSR count). The molecule has 3 nitrogen and oxygen atoms in total. The average Bonchev–Trinajstić information content (AvgIpc) is 2.45. The molecule has 2 heterocycles. The van der Waals surface area contributed by atoms with E-state index in [4.69, 9.17) is 0 Å². The quantitative estimate of drug-likeness (QED) is 0.788. The van der Waals surface area contributed by atoms with Gasteiger partial charge in [-0.1, -0.05) is 13.8 Å². The van der Waals surface area contributed by atoms with Crippen LogP contribution < -0.4 is 0 Å². The van der Waals surface area contributed by atoms with Gasteiger partial charge in [0.25, 0.3) is 0 Å². The first kappa shape index (κ1) is 17.9. The predicted molar refractivity (Wildman–Crippen MR) is 89.3 cm³/mol. The third kappa shape index (κ3) is 5.34. The number of piperidine rings is 1. The van der Waals surface area contributed by atoms with Crippen molar-refractivity contribution in [2.75, 3.05) is 46.3 Å². The lowest BCUT2D eigenvalue weighted by atomic mass is 9.95. The van der Waals surface area contributed by atoms with Crippen molar-refractivity contribution in [3.63, 3.8) is 0 Å². The summed E-state index contributed by atoms with van der Waals surface area (Å²) in [6, 6.07) is 1.44. The lowest BCUT2D eigenvalue weighted by Gasteiger charge is -2.43. The molecule has 0 spiro atoms. The van der Waals surface area contributed by atoms with Crippen LogP contribution in [0.1, 0.15) is 47.5 Å². The van der Waals surface area contributed by atoms with E-state index in [-0.39, 0.29) is 0 Å². The maximum Gasteiger partial charge on any atom is 0.0195 e. The Kier molecular flexibility index (Phi) is 8.08. The van der Waals surface area contributed by atoms with Gasteiger partial charge in [0.2, 0.25) is 0 Å². The molecule has 20 heavy (non-hydrogen) atoms. The molecular weight excluding hydrogens is 246 g/mol. The first-order valence-electron chi connectivity index (χ1n) is 8.73. The number of likely N-dealkylation sites (tertiary alicyclic amines) is 1. The van der Waals surface area contributed by atoms with E-state index in [1.807, 2.05) is 13.8 Å². The molecule has 0 radical (unpaired) electrons. The SMILES string of the molecule is CC.CC(C)N1CCN(CC2CCN(C)CC2)C(C)C1. The van der Waals surface area contributed by atoms with Crippen LogP contribution in [0.3, 0.4) is 0 Å². The van der Waals surface area contributed by atoms with Crippen molar-refractivity contribution in [2.24, 2.45) is 5.92 Å². The highest BCUT2D eigenvalue weighted by Gasteiger charge is 2.27. The van der Waals surface area contributed by atoms with Crippen LogP contribution in [0.25, 0.3) is 0 Å². The van der Waals surface area contributed by atoms with Gasteiger partial charge in [0.15, 0.2) is 0 Å². The summed E-state index contributed by atoms with van der Waals surface area (Å²) in [5.41, 5.74) is 0. The second-order valence-electron chi connectivity index (χ2n) is 6.68. The molecule has 0 bridgehead atoms. The monoisotopic (exact) mass is 283 g/mol. The van der Waals surface area contributed by atoms with Crippen molar-refractivity contribution < 1.29 is 0 Å². The number of piperazine rings is 1. The Morgan fingerprint density at radius 2 is 1.60 bits per heavy atom. The van der Waals surface area contributed by atoms with E-state index in [2.05, 4.69) is 42.5 Å². The zero-order valence-electron chi connectivity index (χ0n) is 14.7. The second kappa shape index (κ2) is 9.01. The van der Waals surface area contributed by atoms with Gasteiger partial charge in [-0.3, -0.25) is 9.80 Å². The van der Waals surface area contributed by atoms with Crippen LogP contribution in [-0.4, -0.2) is 73.1 Å². The molecule has 1 atom stereocenters. The van der Waals surface area contributed by atoms with E-state index in [1.165, 1.54) is 52.1 Å². The summed E-state index contributed by atoms with van der Waals surface area (Å²) in [6.45, 7) is 18.8. The van der Waals surface area contributed by atoms with Crippen LogP contribution in [0, 0.1) is 5.92 Å². The molecule has 1 unspecified atom stereocenters. The Morgan fingerprint density at radius 1 is 1.00 bits per heavy atom. The van der Waals surface area contributed by atoms with Crippen molar-refractivity contribution in [1.82, 2.24) is 14.7 Å². The predicted octanol–water partition coefficient (Wildman–Crippen LogP) is 2.77. The molecular formula is C17H37N3. The summed E-state index contributed by atoms with van der Waals surface area (Å²) in [6.07, 6.45) is 2.79. The van der Waals surface area contributed by atoms with Crippen molar-refractivity contribution in [3.05, 3.63) is 0 Å². The summed E-state index contributed by atoms with van der Waals surface area (Å²) in [4.78, 5) is 7.82. The maximum absolute atomic E-state index is 2.73. The number of hydrogen-bond donors (Lipinski definition) is 0. The van der Waals surface area contributed by atoms with Gasteiger partial charge < -0.3 is 4.90 Å². The molecule has 0 aromatic heterocycles. The van der Waals surface area contributed by atoms with Crippen LogP contribution in [0.4, 0.5) is 0 Å². The van der Waals surface area contributed by atoms with Crippen molar-refractivity contribution >= 4 is 0 Å². The van der Waals surface area contributed by atoms with Gasteiger partial charge in [-0.2, -0.15) is 0 Å². The molecule has 0 amide bonds. The van der Waals surface area contributed by atoms with E-state index in [0.717, 1.165) is 12.0 Å². The molecule has 0 N–H and O–H groups in total. The molecule has 2 aliphatic heterocycles. The van der Waals surface area contributed by atoms with Gasteiger partial charge in [0.1, 0.15) is 0 Å². The summed E-state index contributed by atoms with van der Waals surface area (Å²) in [5.74, 6) is 0.939. The topological polar surface area (TPSA) is 9.72 Å². The fourth-order valence-electron chi connectivity index (χ4n) is 3.34. The van der Waals surface area contributed by atoms with E-state index in [1.54, 1.807) is 0 Å². The Labute approximate surface area is 127 Å². The van der Waals surface area contributed by atoms with Gasteiger partial charge in [-0.05, 0) is 59.7 Å². The fraction of sp³-hybridized carbons (Fsp3) is 1.00. The normalized spacial score (nSPS) is 27.4. The van der Waals surface area contributed by atoms with Crippen molar-refractivity contribution in [3.8, 4) is 0 Å². The Balaban J connectivity index is 0.000000956. The van der Waals surface area contributed by atoms with Crippen LogP contribution >= 0.6 is 0 Å². The Hall–Kier alpha value is -0.120. The second-order valence-corrected chi connectivity index (χ2v) is 6.68. The van der Waals surface area contributed by atoms with E-state index < -0.39 is 0 Å². The first-order chi connectivity index (χ1) is 9.56. The number of rotatable bonds is 3. The van der Waals surface area contributed by atoms with Crippen molar-refractivity contribution in [1.29, 1.82) is 0 Å². The summed E-state index contributed by atoms with van der Waals surface area (Å²) >= 11 is 0. The fourth-order valence-corrected chi connectivity index (χ4v) is 3.34. The number of hydrogen-bond acceptors (Lipinski definition) is 3. The van der Waals surface area contributed by atoms with Crippen molar-refractivity contribution in [2.45, 2.75) is 59.5 Å². The minimum absolute atomic E-state index is 0.706. The van der Waals surface area contributed by atoms with Gasteiger partial charge in [0.05, 0.1) is 0 Å². The molecule has 120 valence electrons. The average molecular weight is 284 g/mol. The standard InChI is InChI=1S/C15H31N3.C2H6/c1-13(2)17-9-10-18(14(3)11-17)12-15-5-7-16(4)8-6-15;1-2/h13-15H,5-12H2,1-4H3;1-2H3. The molecule has 0 saturated carbocycles. The summed E-state index contributed by atoms with van der Waals surface area (Å²) < 4.78 is 0. The maximum atomic E-state index is 2.73. The van der Waals surface area contributed by atoms with Gasteiger partial charge in [-0.15, -0.1) is 0 Å². The molecule has 2 aliphatic rings. The molecule has 2 fully saturated rings. The van der Waals surface area contributed by atoms with Crippen LogP contribution in [-0.2, 0) is 0 Å². The molecule has 0 aliphatic carbocycles. The lowest BCUT2D eigenvalue weighted by molar-refractivity contribution is 0.0453. The minimum atomic E-state index is 0.706. The largest absolute Gasteiger partial charge is 0.306 e. The van der Waals surface area contributed by atoms with Gasteiger partial charge in [-0.25, -0.2) is 0 Å². The Bertz CT molecular complexity index is 247. The zero-order valence-corrected chi connectivity index (χ0v) is 14.7. The lowest BCUT2D eigenvalue weighted by Crippen LogP contribution is -2.55.